The predicted octanol–water partition coefficient (Wildman–Crippen LogP) is 2.29. The summed E-state index contributed by atoms with van der Waals surface area (Å²) in [6.45, 7) is 3.64. The van der Waals surface area contributed by atoms with Crippen LogP contribution in [0.2, 0.25) is 0 Å². The van der Waals surface area contributed by atoms with E-state index in [0.29, 0.717) is 10.9 Å². The Labute approximate surface area is 121 Å². The monoisotopic (exact) mass is 349 g/mol. The van der Waals surface area contributed by atoms with E-state index in [1.165, 1.54) is 12.1 Å². The number of carbonyl (C=O) groups is 1. The zero-order valence-electron chi connectivity index (χ0n) is 10.7. The summed E-state index contributed by atoms with van der Waals surface area (Å²) >= 11 is 3.26. The van der Waals surface area contributed by atoms with E-state index in [1.807, 2.05) is 6.92 Å². The number of benzene rings is 1. The van der Waals surface area contributed by atoms with E-state index >= 15 is 0 Å². The van der Waals surface area contributed by atoms with Crippen LogP contribution in [-0.4, -0.2) is 25.5 Å². The summed E-state index contributed by atoms with van der Waals surface area (Å²) in [7, 11) is -3.83. The molecule has 106 valence electrons. The zero-order chi connectivity index (χ0) is 14.6. The SMILES string of the molecule is CCCC(NS(=O)(=O)c1ccc(C)c(Br)c1)C(=O)O. The van der Waals surface area contributed by atoms with Gasteiger partial charge in [0.15, 0.2) is 0 Å². The van der Waals surface area contributed by atoms with Crippen molar-refractivity contribution in [1.29, 1.82) is 0 Å². The molecule has 1 unspecified atom stereocenters. The summed E-state index contributed by atoms with van der Waals surface area (Å²) in [6.07, 6.45) is 0.832. The summed E-state index contributed by atoms with van der Waals surface area (Å²) in [5.74, 6) is -1.17. The second kappa shape index (κ2) is 6.49. The van der Waals surface area contributed by atoms with Gasteiger partial charge in [0.05, 0.1) is 4.90 Å². The first-order valence-corrected chi connectivity index (χ1v) is 8.07. The molecule has 5 nitrogen and oxygen atoms in total. The summed E-state index contributed by atoms with van der Waals surface area (Å²) in [5.41, 5.74) is 0.905. The average Bonchev–Trinajstić information content (AvgIpc) is 2.31. The van der Waals surface area contributed by atoms with Gasteiger partial charge in [-0.15, -0.1) is 0 Å². The molecule has 0 amide bonds. The van der Waals surface area contributed by atoms with Gasteiger partial charge in [0.2, 0.25) is 10.0 Å². The number of hydrogen-bond acceptors (Lipinski definition) is 3. The molecule has 1 aromatic rings. The van der Waals surface area contributed by atoms with Gasteiger partial charge in [-0.3, -0.25) is 4.79 Å². The maximum atomic E-state index is 12.1. The van der Waals surface area contributed by atoms with Crippen LogP contribution < -0.4 is 4.72 Å². The third-order valence-electron chi connectivity index (χ3n) is 2.63. The van der Waals surface area contributed by atoms with Crippen LogP contribution in [0.4, 0.5) is 0 Å². The third kappa shape index (κ3) is 4.29. The van der Waals surface area contributed by atoms with Gasteiger partial charge in [0.1, 0.15) is 6.04 Å². The molecule has 0 heterocycles. The minimum Gasteiger partial charge on any atom is -0.480 e. The molecule has 0 saturated heterocycles. The zero-order valence-corrected chi connectivity index (χ0v) is 13.1. The topological polar surface area (TPSA) is 83.5 Å². The van der Waals surface area contributed by atoms with Crippen LogP contribution in [-0.2, 0) is 14.8 Å². The Morgan fingerprint density at radius 2 is 2.11 bits per heavy atom. The fraction of sp³-hybridized carbons (Fsp3) is 0.417. The summed E-state index contributed by atoms with van der Waals surface area (Å²) in [4.78, 5) is 11.0. The number of sulfonamides is 1. The highest BCUT2D eigenvalue weighted by Crippen LogP contribution is 2.20. The van der Waals surface area contributed by atoms with E-state index in [9.17, 15) is 13.2 Å². The lowest BCUT2D eigenvalue weighted by molar-refractivity contribution is -0.139. The molecule has 0 aliphatic rings. The number of carboxylic acids is 1. The molecule has 0 radical (unpaired) electrons. The van der Waals surface area contributed by atoms with Crippen molar-refractivity contribution < 1.29 is 18.3 Å². The molecule has 2 N–H and O–H groups in total. The molecule has 1 atom stereocenters. The molecule has 0 fully saturated rings. The minimum atomic E-state index is -3.83. The van der Waals surface area contributed by atoms with E-state index in [-0.39, 0.29) is 11.3 Å². The van der Waals surface area contributed by atoms with Crippen molar-refractivity contribution in [2.24, 2.45) is 0 Å². The maximum Gasteiger partial charge on any atom is 0.321 e. The van der Waals surface area contributed by atoms with Gasteiger partial charge in [-0.2, -0.15) is 4.72 Å². The molecular formula is C12H16BrNO4S. The van der Waals surface area contributed by atoms with E-state index in [0.717, 1.165) is 5.56 Å². The van der Waals surface area contributed by atoms with Gasteiger partial charge in [-0.1, -0.05) is 35.3 Å². The van der Waals surface area contributed by atoms with E-state index < -0.39 is 22.0 Å². The fourth-order valence-electron chi connectivity index (χ4n) is 1.52. The molecule has 19 heavy (non-hydrogen) atoms. The van der Waals surface area contributed by atoms with Crippen molar-refractivity contribution >= 4 is 31.9 Å². The number of hydrogen-bond donors (Lipinski definition) is 2. The number of rotatable bonds is 6. The Morgan fingerprint density at radius 1 is 1.47 bits per heavy atom. The number of carboxylic acid groups (broad SMARTS) is 1. The lowest BCUT2D eigenvalue weighted by Gasteiger charge is -2.14. The Bertz CT molecular complexity index is 571. The van der Waals surface area contributed by atoms with Crippen LogP contribution in [0.15, 0.2) is 27.6 Å². The molecule has 0 spiro atoms. The van der Waals surface area contributed by atoms with E-state index in [1.54, 1.807) is 13.0 Å². The Balaban J connectivity index is 3.03. The van der Waals surface area contributed by atoms with Crippen LogP contribution in [0.5, 0.6) is 0 Å². The second-order valence-electron chi connectivity index (χ2n) is 4.21. The highest BCUT2D eigenvalue weighted by molar-refractivity contribution is 9.10. The molecule has 0 bridgehead atoms. The fourth-order valence-corrected chi connectivity index (χ4v) is 3.30. The van der Waals surface area contributed by atoms with E-state index in [2.05, 4.69) is 20.7 Å². The predicted molar refractivity (Wildman–Crippen MR) is 75.5 cm³/mol. The highest BCUT2D eigenvalue weighted by Gasteiger charge is 2.24. The molecule has 1 rings (SSSR count). The van der Waals surface area contributed by atoms with Crippen LogP contribution in [0.1, 0.15) is 25.3 Å². The van der Waals surface area contributed by atoms with Gasteiger partial charge in [-0.05, 0) is 31.0 Å². The summed E-state index contributed by atoms with van der Waals surface area (Å²) < 4.78 is 27.1. The van der Waals surface area contributed by atoms with Crippen molar-refractivity contribution in [2.45, 2.75) is 37.6 Å². The van der Waals surface area contributed by atoms with Crippen LogP contribution >= 0.6 is 15.9 Å². The minimum absolute atomic E-state index is 0.0485. The largest absolute Gasteiger partial charge is 0.480 e. The molecule has 1 aromatic carbocycles. The van der Waals surface area contributed by atoms with Crippen LogP contribution in [0.3, 0.4) is 0 Å². The van der Waals surface area contributed by atoms with Crippen molar-refractivity contribution in [3.8, 4) is 0 Å². The summed E-state index contributed by atoms with van der Waals surface area (Å²) in [6, 6.07) is 3.47. The normalized spacial score (nSPS) is 13.2. The lowest BCUT2D eigenvalue weighted by Crippen LogP contribution is -2.40. The first-order chi connectivity index (χ1) is 8.77. The van der Waals surface area contributed by atoms with Crippen LogP contribution in [0, 0.1) is 6.92 Å². The quantitative estimate of drug-likeness (QED) is 0.825. The van der Waals surface area contributed by atoms with Gasteiger partial charge in [0, 0.05) is 4.47 Å². The summed E-state index contributed by atoms with van der Waals surface area (Å²) in [5, 5.41) is 8.98. The third-order valence-corrected chi connectivity index (χ3v) is 4.95. The van der Waals surface area contributed by atoms with Gasteiger partial charge in [-0.25, -0.2) is 8.42 Å². The van der Waals surface area contributed by atoms with Crippen LogP contribution in [0.25, 0.3) is 0 Å². The lowest BCUT2D eigenvalue weighted by atomic mass is 10.2. The van der Waals surface area contributed by atoms with Crippen molar-refractivity contribution in [2.75, 3.05) is 0 Å². The smallest absolute Gasteiger partial charge is 0.321 e. The Hall–Kier alpha value is -0.920. The highest BCUT2D eigenvalue weighted by atomic mass is 79.9. The maximum absolute atomic E-state index is 12.1. The van der Waals surface area contributed by atoms with Crippen molar-refractivity contribution in [3.05, 3.63) is 28.2 Å². The Morgan fingerprint density at radius 3 is 2.58 bits per heavy atom. The first kappa shape index (κ1) is 16.1. The number of aryl methyl sites for hydroxylation is 1. The number of aliphatic carboxylic acids is 1. The van der Waals surface area contributed by atoms with Gasteiger partial charge >= 0.3 is 5.97 Å². The molecule has 0 saturated carbocycles. The second-order valence-corrected chi connectivity index (χ2v) is 6.78. The first-order valence-electron chi connectivity index (χ1n) is 5.79. The number of halogens is 1. The molecule has 7 heteroatoms. The van der Waals surface area contributed by atoms with Gasteiger partial charge in [0.25, 0.3) is 0 Å². The molecule has 0 aromatic heterocycles. The molecule has 0 aliphatic carbocycles. The standard InChI is InChI=1S/C12H16BrNO4S/c1-3-4-11(12(15)16)14-19(17,18)9-6-5-8(2)10(13)7-9/h5-7,11,14H,3-4H2,1-2H3,(H,15,16). The van der Waals surface area contributed by atoms with E-state index in [4.69, 9.17) is 5.11 Å². The average molecular weight is 350 g/mol. The Kier molecular flexibility index (Phi) is 5.51. The molecular weight excluding hydrogens is 334 g/mol. The van der Waals surface area contributed by atoms with Crippen molar-refractivity contribution in [3.63, 3.8) is 0 Å². The number of nitrogens with one attached hydrogen (secondary N) is 1. The van der Waals surface area contributed by atoms with Crippen molar-refractivity contribution in [1.82, 2.24) is 4.72 Å². The van der Waals surface area contributed by atoms with Gasteiger partial charge < -0.3 is 5.11 Å². The molecule has 0 aliphatic heterocycles.